The zero-order valence-corrected chi connectivity index (χ0v) is 9.86. The van der Waals surface area contributed by atoms with Crippen LogP contribution in [-0.4, -0.2) is 31.1 Å². The Morgan fingerprint density at radius 1 is 1.44 bits per heavy atom. The summed E-state index contributed by atoms with van der Waals surface area (Å²) < 4.78 is 28.2. The third kappa shape index (κ3) is 5.05. The number of anilines is 1. The number of benzene rings is 1. The van der Waals surface area contributed by atoms with Gasteiger partial charge in [0.25, 0.3) is 12.1 Å². The number of nitrogens with zero attached hydrogens (tertiary/aromatic N) is 1. The van der Waals surface area contributed by atoms with E-state index in [9.17, 15) is 18.9 Å². The smallest absolute Gasteiger partial charge is 0.271 e. The van der Waals surface area contributed by atoms with Gasteiger partial charge >= 0.3 is 0 Å². The Labute approximate surface area is 103 Å². The lowest BCUT2D eigenvalue weighted by molar-refractivity contribution is -0.384. The summed E-state index contributed by atoms with van der Waals surface area (Å²) in [5, 5.41) is 13.5. The lowest BCUT2D eigenvalue weighted by atomic mass is 10.2. The van der Waals surface area contributed by atoms with E-state index in [-0.39, 0.29) is 12.3 Å². The average Bonchev–Trinajstić information content (AvgIpc) is 2.27. The van der Waals surface area contributed by atoms with Crippen LogP contribution in [0.5, 0.6) is 0 Å². The van der Waals surface area contributed by atoms with E-state index >= 15 is 0 Å². The first-order valence-corrected chi connectivity index (χ1v) is 5.35. The summed E-state index contributed by atoms with van der Waals surface area (Å²) in [5.74, 6) is 0. The number of ether oxygens (including phenoxy) is 1. The molecule has 1 aromatic rings. The second-order valence-corrected chi connectivity index (χ2v) is 3.71. The number of non-ortho nitro benzene ring substituents is 1. The van der Waals surface area contributed by atoms with Crippen molar-refractivity contribution in [3.05, 3.63) is 33.9 Å². The largest absolute Gasteiger partial charge is 0.383 e. The Bertz CT molecular complexity index is 413. The van der Waals surface area contributed by atoms with Gasteiger partial charge in [-0.05, 0) is 18.6 Å². The molecule has 18 heavy (non-hydrogen) atoms. The van der Waals surface area contributed by atoms with Gasteiger partial charge in [0.15, 0.2) is 0 Å². The van der Waals surface area contributed by atoms with Crippen LogP contribution in [0.4, 0.5) is 20.2 Å². The van der Waals surface area contributed by atoms with Crippen molar-refractivity contribution in [2.75, 3.05) is 25.1 Å². The first kappa shape index (κ1) is 14.3. The Balaban J connectivity index is 2.44. The number of hydrogen-bond donors (Lipinski definition) is 1. The van der Waals surface area contributed by atoms with E-state index in [2.05, 4.69) is 10.1 Å². The summed E-state index contributed by atoms with van der Waals surface area (Å²) in [5.41, 5.74) is 1.31. The molecule has 0 unspecified atom stereocenters. The fraction of sp³-hybridized carbons (Fsp3) is 0.455. The maximum atomic E-state index is 11.8. The summed E-state index contributed by atoms with van der Waals surface area (Å²) in [6.07, 6.45) is -2.48. The molecule has 0 fully saturated rings. The molecule has 0 atom stereocenters. The standard InChI is InChI=1S/C11H14F2N2O3/c1-8-4-9(6-10(5-8)15(16)17)14-2-3-18-7-11(12)13/h4-6,11,14H,2-3,7H2,1H3. The topological polar surface area (TPSA) is 64.4 Å². The van der Waals surface area contributed by atoms with Crippen LogP contribution in [0.1, 0.15) is 5.56 Å². The molecule has 0 heterocycles. The molecule has 0 spiro atoms. The summed E-state index contributed by atoms with van der Waals surface area (Å²) in [6.45, 7) is 1.57. The molecule has 0 radical (unpaired) electrons. The molecule has 7 heteroatoms. The minimum atomic E-state index is -2.48. The van der Waals surface area contributed by atoms with Crippen molar-refractivity contribution in [1.29, 1.82) is 0 Å². The SMILES string of the molecule is Cc1cc(NCCOCC(F)F)cc([N+](=O)[O-])c1. The molecular weight excluding hydrogens is 246 g/mol. The number of nitro groups is 1. The summed E-state index contributed by atoms with van der Waals surface area (Å²) in [4.78, 5) is 10.1. The minimum absolute atomic E-state index is 0.00833. The van der Waals surface area contributed by atoms with E-state index in [1.807, 2.05) is 0 Å². The van der Waals surface area contributed by atoms with Gasteiger partial charge in [-0.1, -0.05) is 0 Å². The fourth-order valence-corrected chi connectivity index (χ4v) is 1.41. The number of alkyl halides is 2. The van der Waals surface area contributed by atoms with Crippen LogP contribution >= 0.6 is 0 Å². The molecule has 0 aliphatic carbocycles. The van der Waals surface area contributed by atoms with Gasteiger partial charge < -0.3 is 10.1 Å². The van der Waals surface area contributed by atoms with E-state index < -0.39 is 18.0 Å². The molecule has 0 bridgehead atoms. The molecule has 0 aromatic heterocycles. The van der Waals surface area contributed by atoms with Crippen molar-refractivity contribution in [3.63, 3.8) is 0 Å². The highest BCUT2D eigenvalue weighted by Gasteiger charge is 2.07. The van der Waals surface area contributed by atoms with Crippen molar-refractivity contribution < 1.29 is 18.4 Å². The number of nitro benzene ring substituents is 1. The maximum Gasteiger partial charge on any atom is 0.271 e. The van der Waals surface area contributed by atoms with Gasteiger partial charge in [0.1, 0.15) is 6.61 Å². The maximum absolute atomic E-state index is 11.8. The number of hydrogen-bond acceptors (Lipinski definition) is 4. The van der Waals surface area contributed by atoms with Crippen molar-refractivity contribution in [1.82, 2.24) is 0 Å². The zero-order chi connectivity index (χ0) is 13.5. The third-order valence-corrected chi connectivity index (χ3v) is 2.09. The predicted molar refractivity (Wildman–Crippen MR) is 63.1 cm³/mol. The van der Waals surface area contributed by atoms with Crippen molar-refractivity contribution in [3.8, 4) is 0 Å². The van der Waals surface area contributed by atoms with E-state index in [1.165, 1.54) is 12.1 Å². The van der Waals surface area contributed by atoms with Gasteiger partial charge in [-0.25, -0.2) is 8.78 Å². The van der Waals surface area contributed by atoms with Gasteiger partial charge in [-0.2, -0.15) is 0 Å². The van der Waals surface area contributed by atoms with Gasteiger partial charge in [-0.3, -0.25) is 10.1 Å². The van der Waals surface area contributed by atoms with Crippen molar-refractivity contribution >= 4 is 11.4 Å². The molecule has 1 rings (SSSR count). The van der Waals surface area contributed by atoms with Gasteiger partial charge in [0.05, 0.1) is 11.5 Å². The van der Waals surface area contributed by atoms with E-state index in [1.54, 1.807) is 13.0 Å². The molecule has 0 aliphatic heterocycles. The van der Waals surface area contributed by atoms with Gasteiger partial charge in [-0.15, -0.1) is 0 Å². The molecule has 100 valence electrons. The van der Waals surface area contributed by atoms with Gasteiger partial charge in [0, 0.05) is 24.4 Å². The highest BCUT2D eigenvalue weighted by Crippen LogP contribution is 2.20. The quantitative estimate of drug-likeness (QED) is 0.465. The summed E-state index contributed by atoms with van der Waals surface area (Å²) in [6, 6.07) is 4.58. The second kappa shape index (κ2) is 6.85. The Morgan fingerprint density at radius 3 is 2.78 bits per heavy atom. The first-order valence-electron chi connectivity index (χ1n) is 5.35. The lowest BCUT2D eigenvalue weighted by Crippen LogP contribution is -2.13. The number of aryl methyl sites for hydroxylation is 1. The van der Waals surface area contributed by atoms with Crippen LogP contribution in [0.15, 0.2) is 18.2 Å². The molecule has 0 aliphatic rings. The van der Waals surface area contributed by atoms with Crippen molar-refractivity contribution in [2.24, 2.45) is 0 Å². The van der Waals surface area contributed by atoms with Crippen LogP contribution in [0.3, 0.4) is 0 Å². The third-order valence-electron chi connectivity index (χ3n) is 2.09. The average molecular weight is 260 g/mol. The van der Waals surface area contributed by atoms with E-state index in [4.69, 9.17) is 0 Å². The van der Waals surface area contributed by atoms with Crippen molar-refractivity contribution in [2.45, 2.75) is 13.3 Å². The molecule has 5 nitrogen and oxygen atoms in total. The predicted octanol–water partition coefficient (Wildman–Crippen LogP) is 2.60. The molecular formula is C11H14F2N2O3. The van der Waals surface area contributed by atoms with Crippen LogP contribution in [0.25, 0.3) is 0 Å². The molecule has 1 N–H and O–H groups in total. The number of halogens is 2. The molecule has 1 aromatic carbocycles. The Morgan fingerprint density at radius 2 is 2.17 bits per heavy atom. The Hall–Kier alpha value is -1.76. The number of rotatable bonds is 7. The highest BCUT2D eigenvalue weighted by atomic mass is 19.3. The summed E-state index contributed by atoms with van der Waals surface area (Å²) in [7, 11) is 0. The Kier molecular flexibility index (Phi) is 5.44. The zero-order valence-electron chi connectivity index (χ0n) is 9.86. The fourth-order valence-electron chi connectivity index (χ4n) is 1.41. The second-order valence-electron chi connectivity index (χ2n) is 3.71. The highest BCUT2D eigenvalue weighted by molar-refractivity contribution is 5.53. The van der Waals surface area contributed by atoms with Crippen LogP contribution < -0.4 is 5.32 Å². The van der Waals surface area contributed by atoms with E-state index in [0.717, 1.165) is 5.56 Å². The first-order chi connectivity index (χ1) is 8.49. The van der Waals surface area contributed by atoms with Crippen LogP contribution in [0, 0.1) is 17.0 Å². The molecule has 0 saturated carbocycles. The monoisotopic (exact) mass is 260 g/mol. The molecule has 0 amide bonds. The van der Waals surface area contributed by atoms with Crippen LogP contribution in [-0.2, 0) is 4.74 Å². The lowest BCUT2D eigenvalue weighted by Gasteiger charge is -2.08. The van der Waals surface area contributed by atoms with E-state index in [0.29, 0.717) is 12.2 Å². The molecule has 0 saturated heterocycles. The number of nitrogens with one attached hydrogen (secondary N) is 1. The van der Waals surface area contributed by atoms with Crippen LogP contribution in [0.2, 0.25) is 0 Å². The minimum Gasteiger partial charge on any atom is -0.383 e. The van der Waals surface area contributed by atoms with Gasteiger partial charge in [0.2, 0.25) is 0 Å². The normalized spacial score (nSPS) is 10.7. The summed E-state index contributed by atoms with van der Waals surface area (Å²) >= 11 is 0.